The van der Waals surface area contributed by atoms with Crippen molar-refractivity contribution in [1.29, 1.82) is 0 Å². The van der Waals surface area contributed by atoms with E-state index in [9.17, 15) is 9.59 Å². The molecule has 9 rings (SSSR count). The van der Waals surface area contributed by atoms with Crippen LogP contribution < -0.4 is 15.8 Å². The number of amides is 2. The fraction of sp³-hybridized carbons (Fsp3) is 0.417. The summed E-state index contributed by atoms with van der Waals surface area (Å²) < 4.78 is 10.1. The Bertz CT molecular complexity index is 2150. The lowest BCUT2D eigenvalue weighted by atomic mass is 9.96. The highest BCUT2D eigenvalue weighted by molar-refractivity contribution is 6.29. The number of pyridine rings is 3. The first-order chi connectivity index (χ1) is 23.2. The Hall–Kier alpha value is -4.48. The smallest absolute Gasteiger partial charge is 0.254 e. The maximum Gasteiger partial charge on any atom is 0.254 e. The predicted octanol–water partition coefficient (Wildman–Crippen LogP) is 5.32. The number of ether oxygens (including phenoxy) is 1. The lowest BCUT2D eigenvalue weighted by molar-refractivity contribution is 0.0681. The number of carbonyl (C=O) groups excluding carboxylic acids is 2. The van der Waals surface area contributed by atoms with Crippen LogP contribution in [0.25, 0.3) is 28.1 Å². The number of imidazole rings is 1. The van der Waals surface area contributed by atoms with Gasteiger partial charge in [-0.1, -0.05) is 11.6 Å². The number of hydrogen-bond acceptors (Lipinski definition) is 7. The van der Waals surface area contributed by atoms with Crippen LogP contribution in [0.5, 0.6) is 5.88 Å². The molecule has 5 atom stereocenters. The summed E-state index contributed by atoms with van der Waals surface area (Å²) in [6.07, 6.45) is 6.75. The van der Waals surface area contributed by atoms with Gasteiger partial charge in [0, 0.05) is 41.8 Å². The fourth-order valence-corrected chi connectivity index (χ4v) is 8.61. The minimum absolute atomic E-state index is 0.0177. The van der Waals surface area contributed by atoms with Crippen molar-refractivity contribution < 1.29 is 14.3 Å². The van der Waals surface area contributed by atoms with Gasteiger partial charge in [-0.15, -0.1) is 0 Å². The standard InChI is InChI=1S/C36H37ClN8O3/c1-18(40-34(46)22-7-9-29(37)39-16-22)26-8-6-21-10-27(43(33(21)41-26)17-20-4-5-20)32-19(2)44-30(42-32)11-23(12-31(44)48-3)35(47)45-25-13-24-15-36(24,45)28(38)14-25/h6-12,16,18,20,24-25,28H,4-5,13-15,17,38H2,1-3H3,(H,40,46)/t18-,24?,25+,28-,36?/m1/s1. The molecule has 12 heteroatoms. The van der Waals surface area contributed by atoms with E-state index in [1.165, 1.54) is 19.0 Å². The second-order valence-electron chi connectivity index (χ2n) is 14.1. The molecule has 7 heterocycles. The second kappa shape index (κ2) is 10.5. The van der Waals surface area contributed by atoms with E-state index in [4.69, 9.17) is 32.0 Å². The molecule has 11 nitrogen and oxygen atoms in total. The molecule has 2 unspecified atom stereocenters. The van der Waals surface area contributed by atoms with E-state index in [1.807, 2.05) is 36.4 Å². The summed E-state index contributed by atoms with van der Waals surface area (Å²) in [6.45, 7) is 4.78. The molecule has 0 aromatic carbocycles. The molecule has 5 aromatic heterocycles. The summed E-state index contributed by atoms with van der Waals surface area (Å²) in [5.41, 5.74) is 12.3. The molecule has 0 radical (unpaired) electrons. The molecule has 3 N–H and O–H groups in total. The number of hydrogen-bond donors (Lipinski definition) is 2. The Morgan fingerprint density at radius 2 is 1.96 bits per heavy atom. The number of methoxy groups -OCH3 is 1. The average Bonchev–Trinajstić information content (AvgIpc) is 3.92. The van der Waals surface area contributed by atoms with Crippen LogP contribution in [0.3, 0.4) is 0 Å². The zero-order valence-electron chi connectivity index (χ0n) is 27.1. The second-order valence-corrected chi connectivity index (χ2v) is 14.5. The topological polar surface area (TPSA) is 133 Å². The minimum Gasteiger partial charge on any atom is -0.482 e. The third kappa shape index (κ3) is 4.40. The molecule has 2 saturated carbocycles. The van der Waals surface area contributed by atoms with E-state index < -0.39 is 0 Å². The number of fused-ring (bicyclic) bond motifs is 3. The third-order valence-electron chi connectivity index (χ3n) is 11.2. The normalized spacial score (nSPS) is 24.7. The molecule has 2 saturated heterocycles. The Balaban J connectivity index is 1.09. The van der Waals surface area contributed by atoms with Gasteiger partial charge in [0.1, 0.15) is 22.1 Å². The third-order valence-corrected chi connectivity index (χ3v) is 11.4. The van der Waals surface area contributed by atoms with Crippen molar-refractivity contribution in [2.24, 2.45) is 17.6 Å². The maximum absolute atomic E-state index is 14.0. The zero-order chi connectivity index (χ0) is 33.1. The number of nitrogens with zero attached hydrogens (tertiary/aromatic N) is 6. The zero-order valence-corrected chi connectivity index (χ0v) is 27.9. The highest BCUT2D eigenvalue weighted by atomic mass is 35.5. The Morgan fingerprint density at radius 3 is 2.67 bits per heavy atom. The Morgan fingerprint density at radius 1 is 1.12 bits per heavy atom. The van der Waals surface area contributed by atoms with E-state index in [-0.39, 0.29) is 35.5 Å². The Kier molecular flexibility index (Phi) is 6.49. The van der Waals surface area contributed by atoms with Crippen LogP contribution >= 0.6 is 11.6 Å². The van der Waals surface area contributed by atoms with Crippen molar-refractivity contribution in [3.8, 4) is 17.3 Å². The van der Waals surface area contributed by atoms with Crippen LogP contribution in [0, 0.1) is 18.8 Å². The van der Waals surface area contributed by atoms with Crippen molar-refractivity contribution in [2.45, 2.75) is 76.2 Å². The molecule has 2 amide bonds. The van der Waals surface area contributed by atoms with E-state index in [2.05, 4.69) is 31.9 Å². The summed E-state index contributed by atoms with van der Waals surface area (Å²) >= 11 is 5.90. The van der Waals surface area contributed by atoms with Crippen molar-refractivity contribution in [3.05, 3.63) is 76.3 Å². The summed E-state index contributed by atoms with van der Waals surface area (Å²) in [7, 11) is 1.63. The van der Waals surface area contributed by atoms with Gasteiger partial charge in [0.15, 0.2) is 5.88 Å². The molecule has 4 fully saturated rings. The van der Waals surface area contributed by atoms with Gasteiger partial charge in [-0.25, -0.2) is 15.0 Å². The van der Waals surface area contributed by atoms with E-state index in [1.54, 1.807) is 19.2 Å². The molecule has 5 aromatic rings. The fourth-order valence-electron chi connectivity index (χ4n) is 8.50. The molecular formula is C36H37ClN8O3. The quantitative estimate of drug-likeness (QED) is 0.215. The van der Waals surface area contributed by atoms with Crippen molar-refractivity contribution >= 4 is 40.1 Å². The molecule has 2 aliphatic heterocycles. The first-order valence-corrected chi connectivity index (χ1v) is 17.1. The first-order valence-electron chi connectivity index (χ1n) is 16.8. The lowest BCUT2D eigenvalue weighted by Gasteiger charge is -2.27. The first kappa shape index (κ1) is 29.6. The van der Waals surface area contributed by atoms with E-state index in [0.717, 1.165) is 59.6 Å². The minimum atomic E-state index is -0.340. The van der Waals surface area contributed by atoms with E-state index >= 15 is 0 Å². The molecule has 48 heavy (non-hydrogen) atoms. The summed E-state index contributed by atoms with van der Waals surface area (Å²) in [5.74, 6) is 1.45. The SMILES string of the molecule is COc1cc(C(=O)N2[C@H]3CC4CC42[C@H](N)C3)cc2nc(-c3cc4ccc([C@@H](C)NC(=O)c5ccc(Cl)nc5)nc4n3CC3CC3)c(C)n12. The highest BCUT2D eigenvalue weighted by Gasteiger charge is 2.73. The number of nitrogens with one attached hydrogen (secondary N) is 1. The van der Waals surface area contributed by atoms with Crippen molar-refractivity contribution in [3.63, 3.8) is 0 Å². The van der Waals surface area contributed by atoms with Gasteiger partial charge >= 0.3 is 0 Å². The van der Waals surface area contributed by atoms with Gasteiger partial charge in [0.05, 0.1) is 41.3 Å². The van der Waals surface area contributed by atoms with Crippen LogP contribution in [0.1, 0.15) is 77.2 Å². The number of halogens is 1. The number of piperidine rings is 1. The summed E-state index contributed by atoms with van der Waals surface area (Å²) in [4.78, 5) is 43.3. The number of rotatable bonds is 8. The van der Waals surface area contributed by atoms with Gasteiger partial charge < -0.3 is 25.3 Å². The van der Waals surface area contributed by atoms with Gasteiger partial charge in [-0.05, 0) is 94.2 Å². The average molecular weight is 665 g/mol. The number of carbonyl (C=O) groups is 2. The van der Waals surface area contributed by atoms with Gasteiger partial charge in [-0.3, -0.25) is 14.0 Å². The summed E-state index contributed by atoms with van der Waals surface area (Å²) in [6, 6.07) is 13.1. The van der Waals surface area contributed by atoms with Gasteiger partial charge in [0.25, 0.3) is 11.8 Å². The van der Waals surface area contributed by atoms with Crippen LogP contribution in [-0.4, -0.2) is 65.4 Å². The molecule has 2 bridgehead atoms. The molecule has 246 valence electrons. The molecule has 2 aliphatic carbocycles. The predicted molar refractivity (Wildman–Crippen MR) is 181 cm³/mol. The molecule has 4 aliphatic rings. The van der Waals surface area contributed by atoms with Crippen LogP contribution in [0.2, 0.25) is 5.15 Å². The molecular weight excluding hydrogens is 628 g/mol. The lowest BCUT2D eigenvalue weighted by Crippen LogP contribution is -2.45. The van der Waals surface area contributed by atoms with Gasteiger partial charge in [-0.2, -0.15) is 0 Å². The molecule has 1 spiro atoms. The van der Waals surface area contributed by atoms with Crippen molar-refractivity contribution in [1.82, 2.24) is 34.1 Å². The van der Waals surface area contributed by atoms with Crippen LogP contribution in [0.4, 0.5) is 0 Å². The monoisotopic (exact) mass is 664 g/mol. The maximum atomic E-state index is 14.0. The van der Waals surface area contributed by atoms with Crippen LogP contribution in [0.15, 0.2) is 48.7 Å². The van der Waals surface area contributed by atoms with E-state index in [0.29, 0.717) is 39.6 Å². The van der Waals surface area contributed by atoms with Gasteiger partial charge in [0.2, 0.25) is 0 Å². The number of aromatic nitrogens is 5. The number of aryl methyl sites for hydroxylation is 1. The van der Waals surface area contributed by atoms with Crippen molar-refractivity contribution in [2.75, 3.05) is 7.11 Å². The summed E-state index contributed by atoms with van der Waals surface area (Å²) in [5, 5.41) is 4.37. The Labute approximate surface area is 282 Å². The highest BCUT2D eigenvalue weighted by Crippen LogP contribution is 2.65. The largest absolute Gasteiger partial charge is 0.482 e. The number of nitrogens with two attached hydrogens (primary N) is 1. The van der Waals surface area contributed by atoms with Crippen LogP contribution in [-0.2, 0) is 6.54 Å².